The second kappa shape index (κ2) is 5.47. The van der Waals surface area contributed by atoms with Crippen molar-refractivity contribution in [3.63, 3.8) is 0 Å². The molecule has 0 radical (unpaired) electrons. The number of nitrogens with one attached hydrogen (secondary N) is 1. The zero-order valence-corrected chi connectivity index (χ0v) is 13.1. The molecule has 0 spiro atoms. The van der Waals surface area contributed by atoms with Crippen LogP contribution in [0.2, 0.25) is 0 Å². The number of carbonyl (C=O) groups is 1. The molecule has 1 aliphatic heterocycles. The minimum Gasteiger partial charge on any atom is -0.368 e. The predicted molar refractivity (Wildman–Crippen MR) is 82.5 cm³/mol. The molecule has 1 fully saturated rings. The highest BCUT2D eigenvalue weighted by atomic mass is 79.9. The van der Waals surface area contributed by atoms with Gasteiger partial charge in [-0.3, -0.25) is 9.69 Å². The van der Waals surface area contributed by atoms with Crippen molar-refractivity contribution in [3.05, 3.63) is 33.8 Å². The zero-order valence-electron chi connectivity index (χ0n) is 11.5. The molecule has 0 aromatic heterocycles. The molecule has 1 amide bonds. The van der Waals surface area contributed by atoms with E-state index in [1.165, 1.54) is 11.1 Å². The second-order valence-corrected chi connectivity index (χ2v) is 6.64. The molecule has 0 saturated carbocycles. The minimum absolute atomic E-state index is 0.173. The van der Waals surface area contributed by atoms with Crippen molar-refractivity contribution in [2.24, 2.45) is 5.73 Å². The number of piperazine rings is 1. The molecule has 1 unspecified atom stereocenters. The van der Waals surface area contributed by atoms with Crippen molar-refractivity contribution in [2.45, 2.75) is 24.8 Å². The third-order valence-electron chi connectivity index (χ3n) is 4.64. The highest BCUT2D eigenvalue weighted by Gasteiger charge is 2.45. The highest BCUT2D eigenvalue weighted by molar-refractivity contribution is 9.10. The molecule has 108 valence electrons. The number of carbonyl (C=O) groups excluding carboxylic acids is 1. The maximum atomic E-state index is 12.2. The number of benzene rings is 1. The van der Waals surface area contributed by atoms with Gasteiger partial charge in [-0.05, 0) is 36.1 Å². The SMILES string of the molecule is NC(=O)C1(N2CCNCC2)CCc2cc(Br)ccc2C1. The van der Waals surface area contributed by atoms with Gasteiger partial charge in [-0.2, -0.15) is 0 Å². The van der Waals surface area contributed by atoms with Crippen LogP contribution in [0.25, 0.3) is 0 Å². The van der Waals surface area contributed by atoms with E-state index in [1.807, 2.05) is 6.07 Å². The number of nitrogens with two attached hydrogens (primary N) is 1. The fraction of sp³-hybridized carbons (Fsp3) is 0.533. The summed E-state index contributed by atoms with van der Waals surface area (Å²) in [5.74, 6) is -0.173. The Kier molecular flexibility index (Phi) is 3.84. The topological polar surface area (TPSA) is 58.4 Å². The summed E-state index contributed by atoms with van der Waals surface area (Å²) in [5, 5.41) is 3.34. The highest BCUT2D eigenvalue weighted by Crippen LogP contribution is 2.34. The number of primary amides is 1. The van der Waals surface area contributed by atoms with Crippen LogP contribution < -0.4 is 11.1 Å². The molecular weight excluding hydrogens is 318 g/mol. The summed E-state index contributed by atoms with van der Waals surface area (Å²) < 4.78 is 1.10. The number of nitrogens with zero attached hydrogens (tertiary/aromatic N) is 1. The summed E-state index contributed by atoms with van der Waals surface area (Å²) in [5.41, 5.74) is 7.91. The normalized spacial score (nSPS) is 27.1. The van der Waals surface area contributed by atoms with Crippen LogP contribution in [0.3, 0.4) is 0 Å². The van der Waals surface area contributed by atoms with E-state index in [4.69, 9.17) is 5.73 Å². The summed E-state index contributed by atoms with van der Waals surface area (Å²) in [4.78, 5) is 14.5. The van der Waals surface area contributed by atoms with E-state index < -0.39 is 5.54 Å². The van der Waals surface area contributed by atoms with Crippen LogP contribution in [0.1, 0.15) is 17.5 Å². The van der Waals surface area contributed by atoms with E-state index >= 15 is 0 Å². The average Bonchev–Trinajstić information content (AvgIpc) is 2.47. The van der Waals surface area contributed by atoms with Crippen molar-refractivity contribution in [2.75, 3.05) is 26.2 Å². The Balaban J connectivity index is 1.93. The van der Waals surface area contributed by atoms with Gasteiger partial charge in [0.05, 0.1) is 0 Å². The van der Waals surface area contributed by atoms with Crippen LogP contribution in [0.5, 0.6) is 0 Å². The first-order valence-corrected chi connectivity index (χ1v) is 7.94. The molecule has 1 aromatic carbocycles. The van der Waals surface area contributed by atoms with Gasteiger partial charge in [0.2, 0.25) is 5.91 Å². The lowest BCUT2D eigenvalue weighted by Gasteiger charge is -2.46. The largest absolute Gasteiger partial charge is 0.368 e. The first-order chi connectivity index (χ1) is 9.62. The monoisotopic (exact) mass is 337 g/mol. The molecule has 1 aromatic rings. The van der Waals surface area contributed by atoms with Crippen LogP contribution in [0.15, 0.2) is 22.7 Å². The number of hydrogen-bond acceptors (Lipinski definition) is 3. The lowest BCUT2D eigenvalue weighted by molar-refractivity contribution is -0.131. The second-order valence-electron chi connectivity index (χ2n) is 5.72. The minimum atomic E-state index is -0.497. The zero-order chi connectivity index (χ0) is 14.2. The van der Waals surface area contributed by atoms with Gasteiger partial charge < -0.3 is 11.1 Å². The van der Waals surface area contributed by atoms with E-state index in [1.54, 1.807) is 0 Å². The van der Waals surface area contributed by atoms with Crippen molar-refractivity contribution >= 4 is 21.8 Å². The smallest absolute Gasteiger partial charge is 0.238 e. The number of amides is 1. The Morgan fingerprint density at radius 3 is 2.75 bits per heavy atom. The quantitative estimate of drug-likeness (QED) is 0.848. The number of fused-ring (bicyclic) bond motifs is 1. The average molecular weight is 338 g/mol. The Morgan fingerprint density at radius 2 is 2.05 bits per heavy atom. The Hall–Kier alpha value is -0.910. The fourth-order valence-corrected chi connectivity index (χ4v) is 3.88. The molecule has 2 aliphatic rings. The lowest BCUT2D eigenvalue weighted by atomic mass is 9.76. The van der Waals surface area contributed by atoms with E-state index in [2.05, 4.69) is 38.3 Å². The molecule has 1 saturated heterocycles. The Morgan fingerprint density at radius 1 is 1.30 bits per heavy atom. The van der Waals surface area contributed by atoms with Gasteiger partial charge in [0.25, 0.3) is 0 Å². The lowest BCUT2D eigenvalue weighted by Crippen LogP contribution is -2.64. The summed E-state index contributed by atoms with van der Waals surface area (Å²) in [6, 6.07) is 6.34. The van der Waals surface area contributed by atoms with E-state index in [0.717, 1.165) is 49.9 Å². The number of aryl methyl sites for hydroxylation is 1. The molecule has 1 aliphatic carbocycles. The number of rotatable bonds is 2. The van der Waals surface area contributed by atoms with E-state index in [0.29, 0.717) is 0 Å². The van der Waals surface area contributed by atoms with Crippen molar-refractivity contribution in [1.82, 2.24) is 10.2 Å². The summed E-state index contributed by atoms with van der Waals surface area (Å²) in [7, 11) is 0. The molecule has 4 nitrogen and oxygen atoms in total. The maximum absolute atomic E-state index is 12.2. The van der Waals surface area contributed by atoms with Crippen LogP contribution in [0.4, 0.5) is 0 Å². The Bertz CT molecular complexity index is 528. The maximum Gasteiger partial charge on any atom is 0.238 e. The van der Waals surface area contributed by atoms with Crippen molar-refractivity contribution in [1.29, 1.82) is 0 Å². The van der Waals surface area contributed by atoms with Gasteiger partial charge in [-0.25, -0.2) is 0 Å². The summed E-state index contributed by atoms with van der Waals surface area (Å²) in [6.45, 7) is 3.66. The molecule has 1 atom stereocenters. The summed E-state index contributed by atoms with van der Waals surface area (Å²) >= 11 is 3.51. The van der Waals surface area contributed by atoms with Gasteiger partial charge in [0.15, 0.2) is 0 Å². The molecule has 20 heavy (non-hydrogen) atoms. The molecular formula is C15H20BrN3O. The van der Waals surface area contributed by atoms with Crippen molar-refractivity contribution < 1.29 is 4.79 Å². The molecule has 3 N–H and O–H groups in total. The molecule has 1 heterocycles. The van der Waals surface area contributed by atoms with Gasteiger partial charge in [0, 0.05) is 37.1 Å². The summed E-state index contributed by atoms with van der Waals surface area (Å²) in [6.07, 6.45) is 2.48. The first-order valence-electron chi connectivity index (χ1n) is 7.15. The van der Waals surface area contributed by atoms with Gasteiger partial charge in [0.1, 0.15) is 5.54 Å². The van der Waals surface area contributed by atoms with Gasteiger partial charge in [-0.15, -0.1) is 0 Å². The van der Waals surface area contributed by atoms with Crippen LogP contribution in [-0.4, -0.2) is 42.5 Å². The predicted octanol–water partition coefficient (Wildman–Crippen LogP) is 1.07. The van der Waals surface area contributed by atoms with Crippen LogP contribution in [-0.2, 0) is 17.6 Å². The Labute approximate surface area is 127 Å². The van der Waals surface area contributed by atoms with Gasteiger partial charge >= 0.3 is 0 Å². The van der Waals surface area contributed by atoms with Gasteiger partial charge in [-0.1, -0.05) is 22.0 Å². The third-order valence-corrected chi connectivity index (χ3v) is 5.13. The number of hydrogen-bond donors (Lipinski definition) is 2. The van der Waals surface area contributed by atoms with Crippen LogP contribution in [0, 0.1) is 0 Å². The van der Waals surface area contributed by atoms with E-state index in [9.17, 15) is 4.79 Å². The number of halogens is 1. The van der Waals surface area contributed by atoms with Crippen molar-refractivity contribution in [3.8, 4) is 0 Å². The third kappa shape index (κ3) is 2.38. The molecule has 0 bridgehead atoms. The first kappa shape index (κ1) is 14.0. The standard InChI is InChI=1S/C15H20BrN3O/c16-13-2-1-12-10-15(14(17)20,4-3-11(12)9-13)19-7-5-18-6-8-19/h1-2,9,18H,3-8,10H2,(H2,17,20). The van der Waals surface area contributed by atoms with E-state index in [-0.39, 0.29) is 5.91 Å². The molecule has 5 heteroatoms. The van der Waals surface area contributed by atoms with Crippen LogP contribution >= 0.6 is 15.9 Å². The fourth-order valence-electron chi connectivity index (χ4n) is 3.47. The molecule has 3 rings (SSSR count).